The van der Waals surface area contributed by atoms with Crippen LogP contribution in [0, 0.1) is 18.7 Å². The zero-order valence-electron chi connectivity index (χ0n) is 11.2. The molecule has 3 N–H and O–H groups in total. The van der Waals surface area contributed by atoms with E-state index in [0.29, 0.717) is 18.5 Å². The van der Waals surface area contributed by atoms with E-state index in [2.05, 4.69) is 5.32 Å². The maximum atomic E-state index is 13.4. The average molecular weight is 252 g/mol. The van der Waals surface area contributed by atoms with Gasteiger partial charge in [0.05, 0.1) is 6.04 Å². The molecule has 0 aliphatic rings. The van der Waals surface area contributed by atoms with Crippen molar-refractivity contribution in [3.8, 4) is 0 Å². The van der Waals surface area contributed by atoms with Crippen molar-refractivity contribution in [2.45, 2.75) is 33.2 Å². The van der Waals surface area contributed by atoms with Crippen LogP contribution in [0.1, 0.15) is 37.4 Å². The third-order valence-electron chi connectivity index (χ3n) is 3.10. The lowest BCUT2D eigenvalue weighted by molar-refractivity contribution is -0.125. The van der Waals surface area contributed by atoms with E-state index < -0.39 is 0 Å². The topological polar surface area (TPSA) is 55.1 Å². The molecule has 4 heteroatoms. The first kappa shape index (κ1) is 14.6. The van der Waals surface area contributed by atoms with Crippen LogP contribution in [-0.4, -0.2) is 12.5 Å². The number of nitrogens with two attached hydrogens (primary N) is 1. The van der Waals surface area contributed by atoms with Gasteiger partial charge in [-0.2, -0.15) is 0 Å². The van der Waals surface area contributed by atoms with Crippen LogP contribution in [0.25, 0.3) is 0 Å². The summed E-state index contributed by atoms with van der Waals surface area (Å²) in [4.78, 5) is 11.8. The Balaban J connectivity index is 2.67. The Morgan fingerprint density at radius 1 is 1.44 bits per heavy atom. The molecule has 0 radical (unpaired) electrons. The molecule has 0 aliphatic heterocycles. The third kappa shape index (κ3) is 3.81. The number of rotatable bonds is 5. The Hall–Kier alpha value is -1.42. The maximum Gasteiger partial charge on any atom is 0.223 e. The minimum absolute atomic E-state index is 0.0473. The lowest BCUT2D eigenvalue weighted by atomic mass is 10.0. The Morgan fingerprint density at radius 2 is 2.11 bits per heavy atom. The van der Waals surface area contributed by atoms with Gasteiger partial charge < -0.3 is 11.1 Å². The highest BCUT2D eigenvalue weighted by molar-refractivity contribution is 5.78. The van der Waals surface area contributed by atoms with Gasteiger partial charge in [-0.15, -0.1) is 0 Å². The van der Waals surface area contributed by atoms with Crippen molar-refractivity contribution in [3.63, 3.8) is 0 Å². The number of aryl methyl sites for hydroxylation is 1. The van der Waals surface area contributed by atoms with Gasteiger partial charge in [0, 0.05) is 5.92 Å². The second-order valence-corrected chi connectivity index (χ2v) is 4.72. The number of halogens is 1. The first-order valence-electron chi connectivity index (χ1n) is 6.22. The lowest BCUT2D eigenvalue weighted by Gasteiger charge is -2.18. The fourth-order valence-corrected chi connectivity index (χ4v) is 1.70. The monoisotopic (exact) mass is 252 g/mol. The second kappa shape index (κ2) is 6.50. The van der Waals surface area contributed by atoms with Crippen LogP contribution >= 0.6 is 0 Å². The molecule has 0 aliphatic carbocycles. The first-order chi connectivity index (χ1) is 8.45. The van der Waals surface area contributed by atoms with E-state index in [1.807, 2.05) is 19.9 Å². The fraction of sp³-hybridized carbons (Fsp3) is 0.500. The summed E-state index contributed by atoms with van der Waals surface area (Å²) in [5.74, 6) is -0.412. The number of carbonyl (C=O) groups is 1. The molecule has 1 aromatic rings. The summed E-state index contributed by atoms with van der Waals surface area (Å²) in [6.45, 7) is 5.88. The molecule has 1 amide bonds. The lowest BCUT2D eigenvalue weighted by Crippen LogP contribution is -2.32. The molecule has 0 aromatic heterocycles. The van der Waals surface area contributed by atoms with E-state index in [-0.39, 0.29) is 23.7 Å². The van der Waals surface area contributed by atoms with Gasteiger partial charge in [0.15, 0.2) is 0 Å². The van der Waals surface area contributed by atoms with Gasteiger partial charge in [-0.1, -0.05) is 19.1 Å². The fourth-order valence-electron chi connectivity index (χ4n) is 1.70. The number of benzene rings is 1. The van der Waals surface area contributed by atoms with Crippen LogP contribution in [-0.2, 0) is 4.79 Å². The summed E-state index contributed by atoms with van der Waals surface area (Å²) in [5.41, 5.74) is 6.79. The highest BCUT2D eigenvalue weighted by Gasteiger charge is 2.15. The summed E-state index contributed by atoms with van der Waals surface area (Å²) in [6.07, 6.45) is 0.654. The van der Waals surface area contributed by atoms with Crippen molar-refractivity contribution >= 4 is 5.91 Å². The van der Waals surface area contributed by atoms with Crippen LogP contribution in [0.3, 0.4) is 0 Å². The number of nitrogens with one attached hydrogen (secondary N) is 1. The molecule has 2 atom stereocenters. The Bertz CT molecular complexity index is 420. The molecule has 0 saturated heterocycles. The molecule has 3 nitrogen and oxygen atoms in total. The van der Waals surface area contributed by atoms with E-state index in [4.69, 9.17) is 5.73 Å². The number of amides is 1. The smallest absolute Gasteiger partial charge is 0.223 e. The molecule has 18 heavy (non-hydrogen) atoms. The molecule has 1 rings (SSSR count). The van der Waals surface area contributed by atoms with E-state index in [0.717, 1.165) is 5.56 Å². The molecule has 1 aromatic carbocycles. The molecule has 0 heterocycles. The van der Waals surface area contributed by atoms with E-state index >= 15 is 0 Å². The van der Waals surface area contributed by atoms with Crippen LogP contribution in [0.2, 0.25) is 0 Å². The molecule has 0 spiro atoms. The largest absolute Gasteiger partial charge is 0.349 e. The number of hydrogen-bond acceptors (Lipinski definition) is 2. The average Bonchev–Trinajstić information content (AvgIpc) is 2.32. The van der Waals surface area contributed by atoms with Gasteiger partial charge in [0.1, 0.15) is 5.82 Å². The maximum absolute atomic E-state index is 13.4. The van der Waals surface area contributed by atoms with Crippen LogP contribution in [0.4, 0.5) is 4.39 Å². The van der Waals surface area contributed by atoms with E-state index in [9.17, 15) is 9.18 Å². The van der Waals surface area contributed by atoms with Gasteiger partial charge in [-0.3, -0.25) is 4.79 Å². The van der Waals surface area contributed by atoms with Gasteiger partial charge >= 0.3 is 0 Å². The summed E-state index contributed by atoms with van der Waals surface area (Å²) < 4.78 is 13.4. The summed E-state index contributed by atoms with van der Waals surface area (Å²) >= 11 is 0. The molecule has 0 fully saturated rings. The van der Waals surface area contributed by atoms with Crippen LogP contribution in [0.15, 0.2) is 18.2 Å². The molecule has 0 saturated carbocycles. The zero-order valence-corrected chi connectivity index (χ0v) is 11.2. The Kier molecular flexibility index (Phi) is 5.28. The predicted molar refractivity (Wildman–Crippen MR) is 70.5 cm³/mol. The minimum atomic E-state index is -0.247. The normalized spacial score (nSPS) is 14.1. The van der Waals surface area contributed by atoms with Gasteiger partial charge in [0.2, 0.25) is 5.91 Å². The van der Waals surface area contributed by atoms with Crippen molar-refractivity contribution < 1.29 is 9.18 Å². The SMILES string of the molecule is Cc1ccc(C(C)NC(=O)C(C)CCN)cc1F. The van der Waals surface area contributed by atoms with Crippen LogP contribution < -0.4 is 11.1 Å². The Labute approximate surface area is 108 Å². The third-order valence-corrected chi connectivity index (χ3v) is 3.10. The zero-order chi connectivity index (χ0) is 13.7. The summed E-state index contributed by atoms with van der Waals surface area (Å²) in [7, 11) is 0. The van der Waals surface area contributed by atoms with E-state index in [1.54, 1.807) is 13.0 Å². The number of carbonyl (C=O) groups excluding carboxylic acids is 1. The highest BCUT2D eigenvalue weighted by atomic mass is 19.1. The van der Waals surface area contributed by atoms with Gasteiger partial charge in [-0.25, -0.2) is 4.39 Å². The van der Waals surface area contributed by atoms with Crippen molar-refractivity contribution in [3.05, 3.63) is 35.1 Å². The molecular weight excluding hydrogens is 231 g/mol. The summed E-state index contributed by atoms with van der Waals surface area (Å²) in [6, 6.07) is 4.81. The van der Waals surface area contributed by atoms with E-state index in [1.165, 1.54) is 6.07 Å². The van der Waals surface area contributed by atoms with Gasteiger partial charge in [-0.05, 0) is 44.0 Å². The van der Waals surface area contributed by atoms with Crippen molar-refractivity contribution in [2.24, 2.45) is 11.7 Å². The Morgan fingerprint density at radius 3 is 2.67 bits per heavy atom. The van der Waals surface area contributed by atoms with Crippen molar-refractivity contribution in [2.75, 3.05) is 6.54 Å². The first-order valence-corrected chi connectivity index (χ1v) is 6.22. The standard InChI is InChI=1S/C14H21FN2O/c1-9-4-5-12(8-13(9)15)11(3)17-14(18)10(2)6-7-16/h4-5,8,10-11H,6-7,16H2,1-3H3,(H,17,18). The molecule has 0 bridgehead atoms. The highest BCUT2D eigenvalue weighted by Crippen LogP contribution is 2.17. The summed E-state index contributed by atoms with van der Waals surface area (Å²) in [5, 5.41) is 2.87. The quantitative estimate of drug-likeness (QED) is 0.844. The second-order valence-electron chi connectivity index (χ2n) is 4.72. The minimum Gasteiger partial charge on any atom is -0.349 e. The number of hydrogen-bond donors (Lipinski definition) is 2. The van der Waals surface area contributed by atoms with Crippen molar-refractivity contribution in [1.29, 1.82) is 0 Å². The van der Waals surface area contributed by atoms with Crippen molar-refractivity contribution in [1.82, 2.24) is 5.32 Å². The molecule has 100 valence electrons. The predicted octanol–water partition coefficient (Wildman–Crippen LogP) is 2.30. The van der Waals surface area contributed by atoms with Crippen LogP contribution in [0.5, 0.6) is 0 Å². The molecular formula is C14H21FN2O. The molecule has 2 unspecified atom stereocenters. The van der Waals surface area contributed by atoms with Gasteiger partial charge in [0.25, 0.3) is 0 Å².